The second kappa shape index (κ2) is 5.69. The van der Waals surface area contributed by atoms with Gasteiger partial charge in [-0.3, -0.25) is 0 Å². The number of aromatic nitrogens is 1. The quantitative estimate of drug-likeness (QED) is 0.878. The second-order valence-electron chi connectivity index (χ2n) is 4.51. The lowest BCUT2D eigenvalue weighted by atomic mass is 10.2. The van der Waals surface area contributed by atoms with Crippen LogP contribution in [-0.4, -0.2) is 19.3 Å². The Morgan fingerprint density at radius 1 is 1.28 bits per heavy atom. The van der Waals surface area contributed by atoms with Crippen LogP contribution in [0.1, 0.15) is 17.0 Å². The van der Waals surface area contributed by atoms with E-state index in [2.05, 4.69) is 46.6 Å². The Morgan fingerprint density at radius 3 is 2.67 bits per heavy atom. The first-order valence-corrected chi connectivity index (χ1v) is 6.06. The van der Waals surface area contributed by atoms with E-state index in [1.807, 2.05) is 20.2 Å². The second-order valence-corrected chi connectivity index (χ2v) is 4.51. The molecule has 18 heavy (non-hydrogen) atoms. The summed E-state index contributed by atoms with van der Waals surface area (Å²) in [5, 5.41) is 7.06. The maximum Gasteiger partial charge on any atom is 0.156 e. The first kappa shape index (κ1) is 12.6. The van der Waals surface area contributed by atoms with E-state index in [1.165, 1.54) is 11.3 Å². The summed E-state index contributed by atoms with van der Waals surface area (Å²) < 4.78 is 5.30. The van der Waals surface area contributed by atoms with Gasteiger partial charge in [-0.15, -0.1) is 0 Å². The number of rotatable bonds is 5. The Morgan fingerprint density at radius 2 is 2.00 bits per heavy atom. The number of hydrogen-bond acceptors (Lipinski definition) is 4. The van der Waals surface area contributed by atoms with E-state index < -0.39 is 0 Å². The Bertz CT molecular complexity index is 490. The Kier molecular flexibility index (Phi) is 3.99. The molecule has 0 aliphatic heterocycles. The van der Waals surface area contributed by atoms with Crippen molar-refractivity contribution in [2.75, 3.05) is 19.0 Å². The van der Waals surface area contributed by atoms with Crippen molar-refractivity contribution in [2.45, 2.75) is 20.0 Å². The Balaban J connectivity index is 2.01. The highest BCUT2D eigenvalue weighted by Crippen LogP contribution is 2.16. The van der Waals surface area contributed by atoms with E-state index >= 15 is 0 Å². The molecule has 0 saturated heterocycles. The van der Waals surface area contributed by atoms with Gasteiger partial charge in [-0.05, 0) is 26.1 Å². The average molecular weight is 245 g/mol. The number of nitrogens with one attached hydrogen (secondary N) is 1. The molecule has 0 aliphatic carbocycles. The number of aryl methyl sites for hydroxylation is 1. The zero-order chi connectivity index (χ0) is 13.0. The third kappa shape index (κ3) is 3.11. The molecule has 0 fully saturated rings. The van der Waals surface area contributed by atoms with Gasteiger partial charge in [0.2, 0.25) is 0 Å². The number of nitrogens with zero attached hydrogens (tertiary/aromatic N) is 2. The van der Waals surface area contributed by atoms with Gasteiger partial charge in [0.05, 0.1) is 12.2 Å². The highest BCUT2D eigenvalue weighted by Gasteiger charge is 2.07. The van der Waals surface area contributed by atoms with E-state index in [4.69, 9.17) is 4.52 Å². The fourth-order valence-corrected chi connectivity index (χ4v) is 1.82. The molecule has 0 saturated carbocycles. The summed E-state index contributed by atoms with van der Waals surface area (Å²) in [6.07, 6.45) is 0. The molecule has 2 rings (SSSR count). The molecule has 4 nitrogen and oxygen atoms in total. The van der Waals surface area contributed by atoms with Crippen LogP contribution in [0.15, 0.2) is 34.9 Å². The normalized spacial score (nSPS) is 10.6. The van der Waals surface area contributed by atoms with Crippen molar-refractivity contribution in [1.29, 1.82) is 0 Å². The predicted molar refractivity (Wildman–Crippen MR) is 72.6 cm³/mol. The zero-order valence-corrected chi connectivity index (χ0v) is 11.1. The van der Waals surface area contributed by atoms with Crippen LogP contribution in [0.25, 0.3) is 0 Å². The molecule has 1 aromatic carbocycles. The smallest absolute Gasteiger partial charge is 0.156 e. The standard InChI is InChI=1S/C14H19N3O/c1-11-4-6-13(7-5-11)17(3)10-14-8-12(9-15-2)16-18-14/h4-8,15H,9-10H2,1-3H3. The molecule has 0 spiro atoms. The molecule has 0 aliphatic rings. The summed E-state index contributed by atoms with van der Waals surface area (Å²) >= 11 is 0. The van der Waals surface area contributed by atoms with Gasteiger partial charge in [-0.2, -0.15) is 0 Å². The first-order chi connectivity index (χ1) is 8.69. The Hall–Kier alpha value is -1.81. The fraction of sp³-hybridized carbons (Fsp3) is 0.357. The van der Waals surface area contributed by atoms with Crippen LogP contribution in [0, 0.1) is 6.92 Å². The van der Waals surface area contributed by atoms with Crippen LogP contribution in [0.3, 0.4) is 0 Å². The minimum atomic E-state index is 0.722. The van der Waals surface area contributed by atoms with Gasteiger partial charge in [0.25, 0.3) is 0 Å². The van der Waals surface area contributed by atoms with Gasteiger partial charge in [-0.1, -0.05) is 22.9 Å². The molecule has 1 aromatic heterocycles. The van der Waals surface area contributed by atoms with E-state index in [9.17, 15) is 0 Å². The molecular weight excluding hydrogens is 226 g/mol. The SMILES string of the molecule is CNCc1cc(CN(C)c2ccc(C)cc2)on1. The van der Waals surface area contributed by atoms with Crippen LogP contribution in [0.5, 0.6) is 0 Å². The number of benzene rings is 1. The largest absolute Gasteiger partial charge is 0.367 e. The summed E-state index contributed by atoms with van der Waals surface area (Å²) in [5.41, 5.74) is 3.38. The van der Waals surface area contributed by atoms with Crippen LogP contribution in [0.4, 0.5) is 5.69 Å². The molecule has 0 bridgehead atoms. The lowest BCUT2D eigenvalue weighted by Crippen LogP contribution is -2.15. The van der Waals surface area contributed by atoms with E-state index in [-0.39, 0.29) is 0 Å². The van der Waals surface area contributed by atoms with Crippen LogP contribution in [0.2, 0.25) is 0 Å². The van der Waals surface area contributed by atoms with Gasteiger partial charge in [0, 0.05) is 25.3 Å². The summed E-state index contributed by atoms with van der Waals surface area (Å²) in [5.74, 6) is 0.878. The van der Waals surface area contributed by atoms with Crippen molar-refractivity contribution >= 4 is 5.69 Å². The van der Waals surface area contributed by atoms with Crippen molar-refractivity contribution in [3.05, 3.63) is 47.3 Å². The number of hydrogen-bond donors (Lipinski definition) is 1. The van der Waals surface area contributed by atoms with Crippen LogP contribution < -0.4 is 10.2 Å². The van der Waals surface area contributed by atoms with Crippen molar-refractivity contribution in [3.63, 3.8) is 0 Å². The lowest BCUT2D eigenvalue weighted by Gasteiger charge is -2.17. The van der Waals surface area contributed by atoms with E-state index in [1.54, 1.807) is 0 Å². The first-order valence-electron chi connectivity index (χ1n) is 6.06. The third-order valence-corrected chi connectivity index (χ3v) is 2.83. The molecule has 1 N–H and O–H groups in total. The summed E-state index contributed by atoms with van der Waals surface area (Å²) in [7, 11) is 3.94. The summed E-state index contributed by atoms with van der Waals surface area (Å²) in [6.45, 7) is 3.54. The minimum Gasteiger partial charge on any atom is -0.367 e. The van der Waals surface area contributed by atoms with Crippen molar-refractivity contribution in [2.24, 2.45) is 0 Å². The molecule has 0 unspecified atom stereocenters. The molecule has 1 heterocycles. The van der Waals surface area contributed by atoms with E-state index in [0.29, 0.717) is 0 Å². The van der Waals surface area contributed by atoms with Gasteiger partial charge < -0.3 is 14.7 Å². The fourth-order valence-electron chi connectivity index (χ4n) is 1.82. The summed E-state index contributed by atoms with van der Waals surface area (Å²) in [4.78, 5) is 2.14. The van der Waals surface area contributed by atoms with Gasteiger partial charge in [-0.25, -0.2) is 0 Å². The topological polar surface area (TPSA) is 41.3 Å². The van der Waals surface area contributed by atoms with Crippen molar-refractivity contribution < 1.29 is 4.52 Å². The number of anilines is 1. The van der Waals surface area contributed by atoms with E-state index in [0.717, 1.165) is 24.5 Å². The molecule has 0 radical (unpaired) electrons. The van der Waals surface area contributed by atoms with Crippen molar-refractivity contribution in [3.8, 4) is 0 Å². The average Bonchev–Trinajstić information content (AvgIpc) is 2.78. The lowest BCUT2D eigenvalue weighted by molar-refractivity contribution is 0.376. The maximum atomic E-state index is 5.30. The van der Waals surface area contributed by atoms with Gasteiger partial charge in [0.1, 0.15) is 0 Å². The molecule has 4 heteroatoms. The molecular formula is C14H19N3O. The third-order valence-electron chi connectivity index (χ3n) is 2.83. The zero-order valence-electron chi connectivity index (χ0n) is 11.1. The molecule has 0 amide bonds. The predicted octanol–water partition coefficient (Wildman–Crippen LogP) is 2.34. The minimum absolute atomic E-state index is 0.722. The molecule has 0 atom stereocenters. The van der Waals surface area contributed by atoms with Gasteiger partial charge in [0.15, 0.2) is 5.76 Å². The van der Waals surface area contributed by atoms with Crippen LogP contribution >= 0.6 is 0 Å². The summed E-state index contributed by atoms with van der Waals surface area (Å²) in [6, 6.07) is 10.4. The maximum absolute atomic E-state index is 5.30. The molecule has 2 aromatic rings. The monoisotopic (exact) mass is 245 g/mol. The van der Waals surface area contributed by atoms with Gasteiger partial charge >= 0.3 is 0 Å². The highest BCUT2D eigenvalue weighted by molar-refractivity contribution is 5.46. The van der Waals surface area contributed by atoms with Crippen molar-refractivity contribution in [1.82, 2.24) is 10.5 Å². The van der Waals surface area contributed by atoms with Crippen LogP contribution in [-0.2, 0) is 13.1 Å². The molecule has 96 valence electrons. The highest BCUT2D eigenvalue weighted by atomic mass is 16.5. The Labute approximate surface area is 108 Å².